The molecule has 4 aromatic rings. The molecule has 6 rings (SSSR count). The number of carbonyl (C=O) groups excluding carboxylic acids is 1. The molecule has 9 nitrogen and oxygen atoms in total. The number of amides is 1. The van der Waals surface area contributed by atoms with E-state index in [2.05, 4.69) is 19.4 Å². The number of hydrogen-bond donors (Lipinski definition) is 1. The smallest absolute Gasteiger partial charge is 0.487 e. The second-order valence-corrected chi connectivity index (χ2v) is 7.69. The Labute approximate surface area is 183 Å². The van der Waals surface area contributed by atoms with Crippen molar-refractivity contribution in [3.63, 3.8) is 0 Å². The molecule has 1 amide bonds. The van der Waals surface area contributed by atoms with E-state index in [1.807, 2.05) is 0 Å². The number of carbonyl (C=O) groups is 1. The number of hydrogen-bond acceptors (Lipinski definition) is 7. The molecule has 0 saturated heterocycles. The lowest BCUT2D eigenvalue weighted by molar-refractivity contribution is -0.287. The van der Waals surface area contributed by atoms with Crippen LogP contribution < -0.4 is 19.9 Å². The predicted octanol–water partition coefficient (Wildman–Crippen LogP) is 3.13. The summed E-state index contributed by atoms with van der Waals surface area (Å²) in [6, 6.07) is 4.67. The van der Waals surface area contributed by atoms with E-state index in [0.29, 0.717) is 16.6 Å². The molecule has 0 spiro atoms. The highest BCUT2D eigenvalue weighted by Crippen LogP contribution is 2.53. The highest BCUT2D eigenvalue weighted by molar-refractivity contribution is 5.98. The summed E-state index contributed by atoms with van der Waals surface area (Å²) in [5.41, 5.74) is 7.37. The average molecular weight is 457 g/mol. The maximum Gasteiger partial charge on any atom is 0.586 e. The molecule has 0 saturated carbocycles. The van der Waals surface area contributed by atoms with Crippen molar-refractivity contribution in [3.05, 3.63) is 53.7 Å². The first kappa shape index (κ1) is 19.5. The molecule has 1 unspecified atom stereocenters. The molecule has 0 fully saturated rings. The van der Waals surface area contributed by atoms with Gasteiger partial charge in [-0.3, -0.25) is 9.20 Å². The average Bonchev–Trinajstić information content (AvgIpc) is 3.48. The number of alkyl halides is 2. The van der Waals surface area contributed by atoms with Crippen molar-refractivity contribution in [1.82, 2.24) is 19.3 Å². The number of nitrogens with two attached hydrogens (primary N) is 1. The maximum atomic E-state index is 14.9. The number of nitrogen functional groups attached to an aromatic ring is 1. The van der Waals surface area contributed by atoms with Gasteiger partial charge in [-0.25, -0.2) is 14.4 Å². The first-order valence-electron chi connectivity index (χ1n) is 9.77. The van der Waals surface area contributed by atoms with E-state index in [1.54, 1.807) is 4.40 Å². The highest BCUT2D eigenvalue weighted by atomic mass is 19.3. The Morgan fingerprint density at radius 3 is 2.88 bits per heavy atom. The fourth-order valence-electron chi connectivity index (χ4n) is 4.18. The topological polar surface area (TPSA) is 104 Å². The molecular formula is C21H14F3N5O4. The Balaban J connectivity index is 1.39. The fourth-order valence-corrected chi connectivity index (χ4v) is 4.18. The molecule has 1 atom stereocenters. The highest BCUT2D eigenvalue weighted by Gasteiger charge is 2.47. The van der Waals surface area contributed by atoms with Crippen LogP contribution in [0.25, 0.3) is 16.6 Å². The largest absolute Gasteiger partial charge is 0.586 e. The molecule has 0 aliphatic carbocycles. The third kappa shape index (κ3) is 2.76. The van der Waals surface area contributed by atoms with Gasteiger partial charge < -0.3 is 24.8 Å². The summed E-state index contributed by atoms with van der Waals surface area (Å²) in [5.74, 6) is -1.57. The third-order valence-corrected chi connectivity index (χ3v) is 5.78. The second kappa shape index (κ2) is 6.40. The molecule has 168 valence electrons. The number of aromatic nitrogens is 3. The van der Waals surface area contributed by atoms with Gasteiger partial charge >= 0.3 is 6.29 Å². The van der Waals surface area contributed by atoms with E-state index >= 15 is 0 Å². The van der Waals surface area contributed by atoms with Crippen LogP contribution in [0.3, 0.4) is 0 Å². The van der Waals surface area contributed by atoms with E-state index in [0.717, 1.165) is 6.07 Å². The first-order valence-corrected chi connectivity index (χ1v) is 9.77. The molecule has 0 bridgehead atoms. The van der Waals surface area contributed by atoms with E-state index in [4.69, 9.17) is 10.5 Å². The maximum absolute atomic E-state index is 14.9. The van der Waals surface area contributed by atoms with Gasteiger partial charge in [0.25, 0.3) is 5.91 Å². The fraction of sp³-hybridized carbons (Fsp3) is 0.190. The first-order chi connectivity index (χ1) is 15.7. The van der Waals surface area contributed by atoms with Gasteiger partial charge in [0.05, 0.1) is 35.2 Å². The lowest BCUT2D eigenvalue weighted by Gasteiger charge is -2.24. The molecule has 2 aromatic heterocycles. The van der Waals surface area contributed by atoms with Crippen molar-refractivity contribution in [2.75, 3.05) is 19.4 Å². The van der Waals surface area contributed by atoms with Gasteiger partial charge in [0.15, 0.2) is 11.5 Å². The molecule has 4 heterocycles. The Hall–Kier alpha value is -4.22. The van der Waals surface area contributed by atoms with Crippen LogP contribution >= 0.6 is 0 Å². The number of anilines is 1. The number of likely N-dealkylation sites (N-methyl/N-ethyl adjacent to an activating group) is 1. The molecule has 2 aromatic carbocycles. The van der Waals surface area contributed by atoms with Crippen LogP contribution in [0, 0.1) is 5.82 Å². The Kier molecular flexibility index (Phi) is 3.78. The van der Waals surface area contributed by atoms with Gasteiger partial charge in [-0.15, -0.1) is 8.78 Å². The lowest BCUT2D eigenvalue weighted by Crippen LogP contribution is -2.32. The normalized spacial score (nSPS) is 17.9. The molecule has 2 N–H and O–H groups in total. The van der Waals surface area contributed by atoms with Gasteiger partial charge in [0.1, 0.15) is 23.8 Å². The standard InChI is InChI=1S/C21H14F3N5O4/c1-28(15-7-31-17-9(15)2-3-16-18(17)33-21(23,24)32-16)20(30)10-4-13-12(5-11(10)22)27-19(25)14-6-26-8-29(13)14/h2-6,8,15H,7H2,1H3,(H2,25,27). The van der Waals surface area contributed by atoms with Crippen LogP contribution in [-0.2, 0) is 0 Å². The number of rotatable bonds is 2. The van der Waals surface area contributed by atoms with E-state index in [9.17, 15) is 18.0 Å². The molecular weight excluding hydrogens is 443 g/mol. The van der Waals surface area contributed by atoms with E-state index in [-0.39, 0.29) is 40.8 Å². The van der Waals surface area contributed by atoms with Gasteiger partial charge in [0, 0.05) is 18.7 Å². The number of halogens is 3. The summed E-state index contributed by atoms with van der Waals surface area (Å²) in [7, 11) is 1.47. The zero-order valence-electron chi connectivity index (χ0n) is 16.9. The lowest BCUT2D eigenvalue weighted by atomic mass is 10.0. The number of benzene rings is 2. The van der Waals surface area contributed by atoms with Gasteiger partial charge in [0.2, 0.25) is 5.75 Å². The van der Waals surface area contributed by atoms with Crippen molar-refractivity contribution >= 4 is 28.3 Å². The zero-order chi connectivity index (χ0) is 23.1. The molecule has 2 aliphatic heterocycles. The Bertz CT molecular complexity index is 1490. The number of nitrogens with zero attached hydrogens (tertiary/aromatic N) is 4. The van der Waals surface area contributed by atoms with Crippen molar-refractivity contribution in [1.29, 1.82) is 0 Å². The summed E-state index contributed by atoms with van der Waals surface area (Å²) in [4.78, 5) is 22.8. The predicted molar refractivity (Wildman–Crippen MR) is 108 cm³/mol. The Morgan fingerprint density at radius 2 is 2.06 bits per heavy atom. The van der Waals surface area contributed by atoms with Crippen LogP contribution in [-0.4, -0.2) is 45.1 Å². The zero-order valence-corrected chi connectivity index (χ0v) is 16.9. The van der Waals surface area contributed by atoms with Crippen molar-refractivity contribution in [2.45, 2.75) is 12.3 Å². The minimum absolute atomic E-state index is 0.0258. The summed E-state index contributed by atoms with van der Waals surface area (Å²) < 4.78 is 58.0. The molecule has 0 radical (unpaired) electrons. The molecule has 33 heavy (non-hydrogen) atoms. The summed E-state index contributed by atoms with van der Waals surface area (Å²) >= 11 is 0. The molecule has 12 heteroatoms. The van der Waals surface area contributed by atoms with Crippen LogP contribution in [0.2, 0.25) is 0 Å². The monoisotopic (exact) mass is 457 g/mol. The number of fused-ring (bicyclic) bond motifs is 6. The summed E-state index contributed by atoms with van der Waals surface area (Å²) in [6.07, 6.45) is -0.796. The van der Waals surface area contributed by atoms with E-state index in [1.165, 1.54) is 42.7 Å². The van der Waals surface area contributed by atoms with Crippen molar-refractivity contribution < 1.29 is 32.2 Å². The quantitative estimate of drug-likeness (QED) is 0.493. The van der Waals surface area contributed by atoms with Crippen LogP contribution in [0.5, 0.6) is 17.2 Å². The Morgan fingerprint density at radius 1 is 1.24 bits per heavy atom. The number of imidazole rings is 1. The summed E-state index contributed by atoms with van der Waals surface area (Å²) in [6.45, 7) is -0.0258. The summed E-state index contributed by atoms with van der Waals surface area (Å²) in [5, 5.41) is 0. The van der Waals surface area contributed by atoms with Crippen molar-refractivity contribution in [2.24, 2.45) is 0 Å². The SMILES string of the molecule is CN(C(=O)c1cc2c(cc1F)nc(N)c1cncn12)C1COc2c1ccc1c2OC(F)(F)O1. The van der Waals surface area contributed by atoms with Crippen LogP contribution in [0.1, 0.15) is 22.0 Å². The minimum atomic E-state index is -3.80. The van der Waals surface area contributed by atoms with E-state index < -0.39 is 24.1 Å². The number of ether oxygens (including phenoxy) is 3. The van der Waals surface area contributed by atoms with Crippen molar-refractivity contribution in [3.8, 4) is 17.2 Å². The van der Waals surface area contributed by atoms with Gasteiger partial charge in [-0.1, -0.05) is 0 Å². The van der Waals surface area contributed by atoms with Crippen LogP contribution in [0.15, 0.2) is 36.8 Å². The second-order valence-electron chi connectivity index (χ2n) is 7.69. The minimum Gasteiger partial charge on any atom is -0.487 e. The van der Waals surface area contributed by atoms with Crippen LogP contribution in [0.4, 0.5) is 19.0 Å². The van der Waals surface area contributed by atoms with Gasteiger partial charge in [-0.2, -0.15) is 0 Å². The molecule has 2 aliphatic rings. The third-order valence-electron chi connectivity index (χ3n) is 5.78. The van der Waals surface area contributed by atoms with Gasteiger partial charge in [-0.05, 0) is 18.2 Å².